The van der Waals surface area contributed by atoms with Gasteiger partial charge in [0.25, 0.3) is 0 Å². The van der Waals surface area contributed by atoms with Crippen LogP contribution in [0.25, 0.3) is 0 Å². The van der Waals surface area contributed by atoms with Crippen molar-refractivity contribution in [2.45, 2.75) is 44.6 Å². The van der Waals surface area contributed by atoms with Gasteiger partial charge in [0.1, 0.15) is 0 Å². The third kappa shape index (κ3) is 2.27. The maximum atomic E-state index is 11.1. The maximum Gasteiger partial charge on any atom is 0.407 e. The summed E-state index contributed by atoms with van der Waals surface area (Å²) < 4.78 is 0. The van der Waals surface area contributed by atoms with Crippen LogP contribution in [0.4, 0.5) is 10.5 Å². The molecule has 0 radical (unpaired) electrons. The first kappa shape index (κ1) is 14.2. The number of anilines is 1. The van der Waals surface area contributed by atoms with Crippen molar-refractivity contribution >= 4 is 11.8 Å². The van der Waals surface area contributed by atoms with Gasteiger partial charge in [0.15, 0.2) is 0 Å². The standard InChI is InChI=1S/C17H24N2O2/c1-16(2,3)19-12-17(13-6-4-5-7-14(13)19)8-10-18(11-9-17)15(20)21/h4-7H,8-12H2,1-3H3,(H,20,21). The lowest BCUT2D eigenvalue weighted by atomic mass is 9.74. The molecule has 1 aromatic carbocycles. The minimum atomic E-state index is -0.788. The highest BCUT2D eigenvalue weighted by Crippen LogP contribution is 2.48. The Kier molecular flexibility index (Phi) is 3.15. The number of carbonyl (C=O) groups is 1. The highest BCUT2D eigenvalue weighted by molar-refractivity contribution is 5.67. The minimum absolute atomic E-state index is 0.0868. The second kappa shape index (κ2) is 4.65. The van der Waals surface area contributed by atoms with E-state index in [4.69, 9.17) is 5.11 Å². The van der Waals surface area contributed by atoms with Crippen molar-refractivity contribution < 1.29 is 9.90 Å². The summed E-state index contributed by atoms with van der Waals surface area (Å²) in [5, 5.41) is 9.16. The number of para-hydroxylation sites is 1. The summed E-state index contributed by atoms with van der Waals surface area (Å²) in [5.74, 6) is 0. The molecule has 0 saturated carbocycles. The summed E-state index contributed by atoms with van der Waals surface area (Å²) in [6.07, 6.45) is 1.05. The molecule has 0 aromatic heterocycles. The molecule has 0 aliphatic carbocycles. The van der Waals surface area contributed by atoms with Gasteiger partial charge in [-0.25, -0.2) is 4.79 Å². The lowest BCUT2D eigenvalue weighted by molar-refractivity contribution is 0.118. The number of hydrogen-bond acceptors (Lipinski definition) is 2. The number of nitrogens with zero attached hydrogens (tertiary/aromatic N) is 2. The summed E-state index contributed by atoms with van der Waals surface area (Å²) in [5.41, 5.74) is 2.94. The zero-order valence-corrected chi connectivity index (χ0v) is 13.1. The fourth-order valence-electron chi connectivity index (χ4n) is 3.78. The number of rotatable bonds is 0. The van der Waals surface area contributed by atoms with Crippen LogP contribution in [-0.4, -0.2) is 41.3 Å². The van der Waals surface area contributed by atoms with Gasteiger partial charge in [-0.1, -0.05) is 18.2 Å². The minimum Gasteiger partial charge on any atom is -0.465 e. The zero-order chi connectivity index (χ0) is 15.3. The van der Waals surface area contributed by atoms with Crippen LogP contribution in [0.15, 0.2) is 24.3 Å². The number of hydrogen-bond donors (Lipinski definition) is 1. The van der Waals surface area contributed by atoms with Crippen LogP contribution in [0.3, 0.4) is 0 Å². The van der Waals surface area contributed by atoms with Crippen LogP contribution in [0.1, 0.15) is 39.2 Å². The van der Waals surface area contributed by atoms with Crippen molar-refractivity contribution in [2.24, 2.45) is 0 Å². The molecule has 0 atom stereocenters. The van der Waals surface area contributed by atoms with E-state index in [1.807, 2.05) is 0 Å². The lowest BCUT2D eigenvalue weighted by Gasteiger charge is -2.41. The SMILES string of the molecule is CC(C)(C)N1CC2(CCN(C(=O)O)CC2)c2ccccc21. The Balaban J connectivity index is 1.94. The molecule has 4 heteroatoms. The molecular formula is C17H24N2O2. The number of benzene rings is 1. The Morgan fingerprint density at radius 1 is 1.19 bits per heavy atom. The van der Waals surface area contributed by atoms with Crippen molar-refractivity contribution in [3.05, 3.63) is 29.8 Å². The van der Waals surface area contributed by atoms with Crippen molar-refractivity contribution in [1.29, 1.82) is 0 Å². The molecule has 0 unspecified atom stereocenters. The number of carboxylic acid groups (broad SMARTS) is 1. The van der Waals surface area contributed by atoms with E-state index in [1.54, 1.807) is 4.90 Å². The molecule has 1 saturated heterocycles. The van der Waals surface area contributed by atoms with Gasteiger partial charge in [0, 0.05) is 36.3 Å². The Morgan fingerprint density at radius 3 is 2.38 bits per heavy atom. The molecule has 4 nitrogen and oxygen atoms in total. The Morgan fingerprint density at radius 2 is 1.81 bits per heavy atom. The molecule has 1 N–H and O–H groups in total. The second-order valence-electron chi connectivity index (χ2n) is 7.32. The van der Waals surface area contributed by atoms with Gasteiger partial charge in [0.2, 0.25) is 0 Å². The lowest BCUT2D eigenvalue weighted by Crippen LogP contribution is -2.49. The molecule has 1 fully saturated rings. The monoisotopic (exact) mass is 288 g/mol. The predicted molar refractivity (Wildman–Crippen MR) is 84.1 cm³/mol. The fourth-order valence-corrected chi connectivity index (χ4v) is 3.78. The predicted octanol–water partition coefficient (Wildman–Crippen LogP) is 3.32. The molecule has 0 bridgehead atoms. The molecule has 1 amide bonds. The molecule has 2 aliphatic heterocycles. The fraction of sp³-hybridized carbons (Fsp3) is 0.588. The summed E-state index contributed by atoms with van der Waals surface area (Å²) in [6, 6.07) is 8.65. The molecule has 3 rings (SSSR count). The third-order valence-corrected chi connectivity index (χ3v) is 5.03. The zero-order valence-electron chi connectivity index (χ0n) is 13.1. The molecule has 2 aliphatic rings. The van der Waals surface area contributed by atoms with Crippen LogP contribution < -0.4 is 4.90 Å². The summed E-state index contributed by atoms with van der Waals surface area (Å²) in [7, 11) is 0. The highest BCUT2D eigenvalue weighted by atomic mass is 16.4. The van der Waals surface area contributed by atoms with E-state index in [9.17, 15) is 4.79 Å². The van der Waals surface area contributed by atoms with E-state index >= 15 is 0 Å². The first-order valence-corrected chi connectivity index (χ1v) is 7.69. The Hall–Kier alpha value is -1.71. The maximum absolute atomic E-state index is 11.1. The molecule has 1 aromatic rings. The molecule has 114 valence electrons. The van der Waals surface area contributed by atoms with Crippen LogP contribution in [0.5, 0.6) is 0 Å². The first-order chi connectivity index (χ1) is 9.83. The van der Waals surface area contributed by atoms with Gasteiger partial charge >= 0.3 is 6.09 Å². The van der Waals surface area contributed by atoms with Crippen molar-refractivity contribution in [3.8, 4) is 0 Å². The van der Waals surface area contributed by atoms with E-state index in [-0.39, 0.29) is 11.0 Å². The van der Waals surface area contributed by atoms with E-state index in [1.165, 1.54) is 11.3 Å². The molecule has 2 heterocycles. The molecular weight excluding hydrogens is 264 g/mol. The molecule has 21 heavy (non-hydrogen) atoms. The van der Waals surface area contributed by atoms with Crippen LogP contribution >= 0.6 is 0 Å². The largest absolute Gasteiger partial charge is 0.465 e. The van der Waals surface area contributed by atoms with Gasteiger partial charge in [-0.05, 0) is 45.2 Å². The van der Waals surface area contributed by atoms with Gasteiger partial charge in [-0.2, -0.15) is 0 Å². The van der Waals surface area contributed by atoms with E-state index in [0.717, 1.165) is 19.4 Å². The smallest absolute Gasteiger partial charge is 0.407 e. The number of piperidine rings is 1. The normalized spacial score (nSPS) is 20.7. The third-order valence-electron chi connectivity index (χ3n) is 5.03. The second-order valence-corrected chi connectivity index (χ2v) is 7.32. The summed E-state index contributed by atoms with van der Waals surface area (Å²) >= 11 is 0. The Bertz CT molecular complexity index is 554. The van der Waals surface area contributed by atoms with Gasteiger partial charge in [0.05, 0.1) is 0 Å². The van der Waals surface area contributed by atoms with E-state index in [0.29, 0.717) is 13.1 Å². The van der Waals surface area contributed by atoms with Crippen LogP contribution in [0, 0.1) is 0 Å². The van der Waals surface area contributed by atoms with Gasteiger partial charge < -0.3 is 14.9 Å². The quantitative estimate of drug-likeness (QED) is 0.796. The molecule has 1 spiro atoms. The topological polar surface area (TPSA) is 43.8 Å². The average molecular weight is 288 g/mol. The Labute approximate surface area is 126 Å². The van der Waals surface area contributed by atoms with Crippen LogP contribution in [-0.2, 0) is 5.41 Å². The van der Waals surface area contributed by atoms with E-state index in [2.05, 4.69) is 49.9 Å². The number of amides is 1. The first-order valence-electron chi connectivity index (χ1n) is 7.69. The van der Waals surface area contributed by atoms with Gasteiger partial charge in [-0.15, -0.1) is 0 Å². The van der Waals surface area contributed by atoms with Gasteiger partial charge in [-0.3, -0.25) is 0 Å². The average Bonchev–Trinajstić information content (AvgIpc) is 2.75. The van der Waals surface area contributed by atoms with Crippen molar-refractivity contribution in [1.82, 2.24) is 4.90 Å². The van der Waals surface area contributed by atoms with E-state index < -0.39 is 6.09 Å². The van der Waals surface area contributed by atoms with Crippen molar-refractivity contribution in [3.63, 3.8) is 0 Å². The summed E-state index contributed by atoms with van der Waals surface area (Å²) in [6.45, 7) is 9.02. The number of likely N-dealkylation sites (tertiary alicyclic amines) is 1. The number of fused-ring (bicyclic) bond motifs is 2. The summed E-state index contributed by atoms with van der Waals surface area (Å²) in [4.78, 5) is 15.2. The van der Waals surface area contributed by atoms with Crippen molar-refractivity contribution in [2.75, 3.05) is 24.5 Å². The highest BCUT2D eigenvalue weighted by Gasteiger charge is 2.47. The van der Waals surface area contributed by atoms with Crippen LogP contribution in [0.2, 0.25) is 0 Å².